The van der Waals surface area contributed by atoms with Crippen LogP contribution in [0.1, 0.15) is 64.2 Å². The molecular weight excluding hydrogens is 363 g/mol. The minimum Gasteiger partial charge on any atom is -0.0864 e. The third-order valence-corrected chi connectivity index (χ3v) is 3.73. The normalized spacial score (nSPS) is 11.3. The minimum absolute atomic E-state index is 1.24. The van der Waals surface area contributed by atoms with Crippen molar-refractivity contribution in [3.8, 4) is 0 Å². The molecule has 90 valence electrons. The fourth-order valence-electron chi connectivity index (χ4n) is 1.66. The fraction of sp³-hybridized carbons (Fsp3) is 0.846. The van der Waals surface area contributed by atoms with Gasteiger partial charge in [-0.25, -0.2) is 0 Å². The van der Waals surface area contributed by atoms with Gasteiger partial charge < -0.3 is 0 Å². The molecule has 0 spiro atoms. The van der Waals surface area contributed by atoms with Crippen LogP contribution in [-0.2, 0) is 0 Å². The Morgan fingerprint density at radius 1 is 0.733 bits per heavy atom. The average molecular weight is 387 g/mol. The molecule has 0 saturated heterocycles. The molecule has 0 unspecified atom stereocenters. The van der Waals surface area contributed by atoms with Crippen molar-refractivity contribution in [1.29, 1.82) is 0 Å². The van der Waals surface area contributed by atoms with Crippen molar-refractivity contribution < 1.29 is 0 Å². The van der Waals surface area contributed by atoms with Gasteiger partial charge in [0.15, 0.2) is 0 Å². The van der Waals surface area contributed by atoms with Gasteiger partial charge in [0.1, 0.15) is 0 Å². The summed E-state index contributed by atoms with van der Waals surface area (Å²) < 4.78 is 1.33. The Balaban J connectivity index is 2.86. The average Bonchev–Trinajstić information content (AvgIpc) is 2.26. The predicted molar refractivity (Wildman–Crippen MR) is 83.1 cm³/mol. The number of halogens is 2. The lowest BCUT2D eigenvalue weighted by atomic mass is 10.1. The Hall–Kier alpha value is 0.950. The standard InChI is InChI=1S/C13H24BrI/c14-12-10-8-6-4-2-1-3-5-7-9-11-13-15/h10,12H,1-9,11,13H2/b12-10+. The summed E-state index contributed by atoms with van der Waals surface area (Å²) in [6.45, 7) is 0. The molecule has 0 N–H and O–H groups in total. The van der Waals surface area contributed by atoms with Crippen molar-refractivity contribution in [2.45, 2.75) is 64.2 Å². The first kappa shape index (κ1) is 16.0. The van der Waals surface area contributed by atoms with Gasteiger partial charge in [-0.1, -0.05) is 89.5 Å². The molecule has 0 radical (unpaired) electrons. The Morgan fingerprint density at radius 3 is 1.67 bits per heavy atom. The highest BCUT2D eigenvalue weighted by atomic mass is 127. The minimum atomic E-state index is 1.24. The van der Waals surface area contributed by atoms with Crippen molar-refractivity contribution in [2.75, 3.05) is 4.43 Å². The number of hydrogen-bond acceptors (Lipinski definition) is 0. The smallest absolute Gasteiger partial charge is 0.000473 e. The molecule has 0 amide bonds. The summed E-state index contributed by atoms with van der Waals surface area (Å²) >= 11 is 5.76. The molecular formula is C13H24BrI. The number of hydrogen-bond donors (Lipinski definition) is 0. The van der Waals surface area contributed by atoms with Crippen LogP contribution < -0.4 is 0 Å². The Morgan fingerprint density at radius 2 is 1.20 bits per heavy atom. The second-order valence-corrected chi connectivity index (χ2v) is 5.63. The highest BCUT2D eigenvalue weighted by molar-refractivity contribution is 14.1. The largest absolute Gasteiger partial charge is 0.0864 e. The van der Waals surface area contributed by atoms with Crippen LogP contribution in [0.15, 0.2) is 11.1 Å². The molecule has 0 aliphatic rings. The molecule has 0 aliphatic carbocycles. The van der Waals surface area contributed by atoms with Gasteiger partial charge in [-0.15, -0.1) is 0 Å². The molecule has 0 nitrogen and oxygen atoms in total. The van der Waals surface area contributed by atoms with Gasteiger partial charge in [0.25, 0.3) is 0 Å². The first-order valence-electron chi connectivity index (χ1n) is 6.23. The van der Waals surface area contributed by atoms with Gasteiger partial charge in [0, 0.05) is 0 Å². The predicted octanol–water partition coefficient (Wildman–Crippen LogP) is 6.23. The number of unbranched alkanes of at least 4 members (excludes halogenated alkanes) is 9. The van der Waals surface area contributed by atoms with Crippen LogP contribution in [0.25, 0.3) is 0 Å². The van der Waals surface area contributed by atoms with Crippen LogP contribution in [0.5, 0.6) is 0 Å². The van der Waals surface area contributed by atoms with E-state index >= 15 is 0 Å². The van der Waals surface area contributed by atoms with Crippen LogP contribution >= 0.6 is 38.5 Å². The van der Waals surface area contributed by atoms with Gasteiger partial charge in [-0.05, 0) is 28.7 Å². The maximum absolute atomic E-state index is 3.29. The van der Waals surface area contributed by atoms with Crippen molar-refractivity contribution in [3.05, 3.63) is 11.1 Å². The fourth-order valence-corrected chi connectivity index (χ4v) is 2.46. The van der Waals surface area contributed by atoms with Crippen molar-refractivity contribution in [3.63, 3.8) is 0 Å². The Bertz CT molecular complexity index is 134. The van der Waals surface area contributed by atoms with Gasteiger partial charge in [0.05, 0.1) is 0 Å². The molecule has 0 aromatic rings. The molecule has 0 bridgehead atoms. The summed E-state index contributed by atoms with van der Waals surface area (Å²) in [5.41, 5.74) is 0. The number of allylic oxidation sites excluding steroid dienone is 1. The lowest BCUT2D eigenvalue weighted by Gasteiger charge is -2.00. The van der Waals surface area contributed by atoms with E-state index in [1.54, 1.807) is 0 Å². The van der Waals surface area contributed by atoms with Crippen molar-refractivity contribution in [1.82, 2.24) is 0 Å². The van der Waals surface area contributed by atoms with E-state index in [1.807, 2.05) is 4.99 Å². The third-order valence-electron chi connectivity index (χ3n) is 2.59. The van der Waals surface area contributed by atoms with Gasteiger partial charge in [-0.2, -0.15) is 0 Å². The molecule has 0 aromatic heterocycles. The molecule has 15 heavy (non-hydrogen) atoms. The molecule has 2 heteroatoms. The lowest BCUT2D eigenvalue weighted by Crippen LogP contribution is -1.81. The van der Waals surface area contributed by atoms with E-state index in [0.717, 1.165) is 0 Å². The summed E-state index contributed by atoms with van der Waals surface area (Å²) in [5.74, 6) is 0. The van der Waals surface area contributed by atoms with E-state index in [1.165, 1.54) is 68.6 Å². The van der Waals surface area contributed by atoms with E-state index in [2.05, 4.69) is 44.6 Å². The van der Waals surface area contributed by atoms with Crippen molar-refractivity contribution in [2.24, 2.45) is 0 Å². The zero-order valence-electron chi connectivity index (χ0n) is 9.69. The highest BCUT2D eigenvalue weighted by Gasteiger charge is 1.91. The summed E-state index contributed by atoms with van der Waals surface area (Å²) in [4.78, 5) is 1.97. The zero-order valence-corrected chi connectivity index (χ0v) is 13.4. The van der Waals surface area contributed by atoms with E-state index in [-0.39, 0.29) is 0 Å². The van der Waals surface area contributed by atoms with Crippen LogP contribution in [0.2, 0.25) is 0 Å². The van der Waals surface area contributed by atoms with Crippen LogP contribution in [-0.4, -0.2) is 4.43 Å². The van der Waals surface area contributed by atoms with Gasteiger partial charge >= 0.3 is 0 Å². The maximum Gasteiger partial charge on any atom is -0.000473 e. The van der Waals surface area contributed by atoms with Crippen LogP contribution in [0.3, 0.4) is 0 Å². The van der Waals surface area contributed by atoms with Gasteiger partial charge in [-0.3, -0.25) is 0 Å². The molecule has 0 rings (SSSR count). The molecule has 0 aliphatic heterocycles. The Labute approximate surface area is 118 Å². The quantitative estimate of drug-likeness (QED) is 0.224. The first-order valence-corrected chi connectivity index (χ1v) is 8.67. The van der Waals surface area contributed by atoms with Gasteiger partial charge in [0.2, 0.25) is 0 Å². The van der Waals surface area contributed by atoms with Crippen LogP contribution in [0.4, 0.5) is 0 Å². The van der Waals surface area contributed by atoms with E-state index < -0.39 is 0 Å². The highest BCUT2D eigenvalue weighted by Crippen LogP contribution is 2.11. The maximum atomic E-state index is 3.29. The third kappa shape index (κ3) is 14.9. The molecule has 0 heterocycles. The van der Waals surface area contributed by atoms with Crippen LogP contribution in [0, 0.1) is 0 Å². The monoisotopic (exact) mass is 386 g/mol. The molecule has 0 saturated carbocycles. The zero-order chi connectivity index (χ0) is 11.2. The summed E-state index contributed by atoms with van der Waals surface area (Å²) in [5, 5.41) is 0. The lowest BCUT2D eigenvalue weighted by molar-refractivity contribution is 0.568. The Kier molecular flexibility index (Phi) is 15.9. The number of alkyl halides is 1. The SMILES string of the molecule is Br/C=C/CCCCCCCCCCCI. The van der Waals surface area contributed by atoms with Crippen molar-refractivity contribution >= 4 is 38.5 Å². The number of rotatable bonds is 11. The van der Waals surface area contributed by atoms with E-state index in [9.17, 15) is 0 Å². The molecule has 0 atom stereocenters. The summed E-state index contributed by atoms with van der Waals surface area (Å²) in [7, 11) is 0. The molecule has 0 aromatic carbocycles. The second-order valence-electron chi connectivity index (χ2n) is 4.02. The summed E-state index contributed by atoms with van der Waals surface area (Å²) in [6.07, 6.45) is 16.3. The van der Waals surface area contributed by atoms with E-state index in [4.69, 9.17) is 0 Å². The second kappa shape index (κ2) is 14.9. The van der Waals surface area contributed by atoms with E-state index in [0.29, 0.717) is 0 Å². The summed E-state index contributed by atoms with van der Waals surface area (Å²) in [6, 6.07) is 0. The first-order chi connectivity index (χ1) is 7.41. The molecule has 0 fully saturated rings. The topological polar surface area (TPSA) is 0 Å².